The highest BCUT2D eigenvalue weighted by molar-refractivity contribution is 5.31. The van der Waals surface area contributed by atoms with E-state index >= 15 is 0 Å². The molecule has 1 aromatic heterocycles. The summed E-state index contributed by atoms with van der Waals surface area (Å²) in [4.78, 5) is 11.0. The van der Waals surface area contributed by atoms with Crippen LogP contribution >= 0.6 is 0 Å². The minimum atomic E-state index is 0.625. The topological polar surface area (TPSA) is 50.3 Å². The average Bonchev–Trinajstić information content (AvgIpc) is 2.46. The third kappa shape index (κ3) is 3.32. The summed E-state index contributed by atoms with van der Waals surface area (Å²) < 4.78 is 5.15. The number of nitrogens with one attached hydrogen (secondary N) is 1. The van der Waals surface area contributed by atoms with Gasteiger partial charge in [0.15, 0.2) is 0 Å². The Bertz CT molecular complexity index is 366. The fourth-order valence-electron chi connectivity index (χ4n) is 2.34. The predicted octanol–water partition coefficient (Wildman–Crippen LogP) is 1.31. The van der Waals surface area contributed by atoms with E-state index in [0.717, 1.165) is 32.1 Å². The molecule has 0 amide bonds. The Balaban J connectivity index is 2.02. The lowest BCUT2D eigenvalue weighted by Gasteiger charge is -2.29. The van der Waals surface area contributed by atoms with Gasteiger partial charge in [-0.25, -0.2) is 4.98 Å². The highest BCUT2D eigenvalue weighted by Gasteiger charge is 2.18. The Morgan fingerprint density at radius 3 is 3.11 bits per heavy atom. The second-order valence-electron chi connectivity index (χ2n) is 4.65. The number of nitrogens with zero attached hydrogens (tertiary/aromatic N) is 3. The van der Waals surface area contributed by atoms with Gasteiger partial charge in [0, 0.05) is 25.4 Å². The molecule has 1 atom stereocenters. The molecule has 5 heteroatoms. The Morgan fingerprint density at radius 1 is 1.56 bits per heavy atom. The molecule has 0 aromatic carbocycles. The van der Waals surface area contributed by atoms with Gasteiger partial charge in [0.2, 0.25) is 11.8 Å². The second-order valence-corrected chi connectivity index (χ2v) is 4.65. The van der Waals surface area contributed by atoms with Gasteiger partial charge in [-0.15, -0.1) is 0 Å². The Morgan fingerprint density at radius 2 is 2.44 bits per heavy atom. The van der Waals surface area contributed by atoms with Crippen molar-refractivity contribution in [2.45, 2.75) is 19.8 Å². The number of hydrogen-bond donors (Lipinski definition) is 1. The van der Waals surface area contributed by atoms with Crippen LogP contribution in [0.2, 0.25) is 0 Å². The lowest BCUT2D eigenvalue weighted by molar-refractivity contribution is 0.374. The van der Waals surface area contributed by atoms with Crippen LogP contribution in [0.4, 0.5) is 5.95 Å². The molecule has 1 saturated heterocycles. The summed E-state index contributed by atoms with van der Waals surface area (Å²) in [7, 11) is 1.63. The van der Waals surface area contributed by atoms with Crippen molar-refractivity contribution in [1.29, 1.82) is 0 Å². The van der Waals surface area contributed by atoms with Crippen molar-refractivity contribution < 1.29 is 4.74 Å². The molecular formula is C13H22N4O. The second kappa shape index (κ2) is 6.54. The minimum absolute atomic E-state index is 0.625. The first kappa shape index (κ1) is 13.1. The number of ether oxygens (including phenoxy) is 1. The maximum Gasteiger partial charge on any atom is 0.228 e. The predicted molar refractivity (Wildman–Crippen MR) is 72.1 cm³/mol. The summed E-state index contributed by atoms with van der Waals surface area (Å²) in [5.41, 5.74) is 0. The fraction of sp³-hybridized carbons (Fsp3) is 0.692. The molecule has 0 aliphatic carbocycles. The van der Waals surface area contributed by atoms with Gasteiger partial charge in [-0.05, 0) is 38.8 Å². The Kier molecular flexibility index (Phi) is 4.75. The van der Waals surface area contributed by atoms with Crippen molar-refractivity contribution in [2.75, 3.05) is 38.2 Å². The molecule has 1 aliphatic rings. The van der Waals surface area contributed by atoms with Crippen LogP contribution < -0.4 is 15.0 Å². The molecule has 2 heterocycles. The SMILES string of the molecule is CCN(CC1CCCNC1)c1nccc(OC)n1. The maximum absolute atomic E-state index is 5.15. The van der Waals surface area contributed by atoms with Gasteiger partial charge in [-0.1, -0.05) is 0 Å². The van der Waals surface area contributed by atoms with Crippen molar-refractivity contribution in [2.24, 2.45) is 5.92 Å². The first-order chi connectivity index (χ1) is 8.83. The zero-order valence-corrected chi connectivity index (χ0v) is 11.2. The van der Waals surface area contributed by atoms with Gasteiger partial charge in [-0.2, -0.15) is 4.98 Å². The van der Waals surface area contributed by atoms with Crippen molar-refractivity contribution in [3.63, 3.8) is 0 Å². The fourth-order valence-corrected chi connectivity index (χ4v) is 2.34. The number of anilines is 1. The monoisotopic (exact) mass is 250 g/mol. The molecule has 1 aliphatic heterocycles. The molecule has 1 unspecified atom stereocenters. The molecule has 5 nitrogen and oxygen atoms in total. The molecule has 0 bridgehead atoms. The van der Waals surface area contributed by atoms with Crippen LogP contribution in [0.25, 0.3) is 0 Å². The molecule has 0 spiro atoms. The summed E-state index contributed by atoms with van der Waals surface area (Å²) in [6.07, 6.45) is 4.30. The highest BCUT2D eigenvalue weighted by Crippen LogP contribution is 2.17. The molecule has 1 fully saturated rings. The van der Waals surface area contributed by atoms with E-state index in [1.807, 2.05) is 0 Å². The molecular weight excluding hydrogens is 228 g/mol. The van der Waals surface area contributed by atoms with Gasteiger partial charge in [0.1, 0.15) is 0 Å². The number of rotatable bonds is 5. The van der Waals surface area contributed by atoms with Crippen LogP contribution in [0.15, 0.2) is 12.3 Å². The van der Waals surface area contributed by atoms with Gasteiger partial charge in [0.25, 0.3) is 0 Å². The number of aromatic nitrogens is 2. The maximum atomic E-state index is 5.15. The van der Waals surface area contributed by atoms with Crippen LogP contribution in [0.1, 0.15) is 19.8 Å². The third-order valence-electron chi connectivity index (χ3n) is 3.37. The van der Waals surface area contributed by atoms with Crippen LogP contribution in [0.5, 0.6) is 5.88 Å². The first-order valence-corrected chi connectivity index (χ1v) is 6.66. The minimum Gasteiger partial charge on any atom is -0.481 e. The molecule has 1 N–H and O–H groups in total. The normalized spacial score (nSPS) is 19.6. The van der Waals surface area contributed by atoms with Gasteiger partial charge in [0.05, 0.1) is 7.11 Å². The molecule has 0 radical (unpaired) electrons. The Labute approximate surface area is 109 Å². The number of methoxy groups -OCH3 is 1. The molecule has 2 rings (SSSR count). The van der Waals surface area contributed by atoms with Crippen LogP contribution in [0.3, 0.4) is 0 Å². The van der Waals surface area contributed by atoms with E-state index < -0.39 is 0 Å². The van der Waals surface area contributed by atoms with Gasteiger partial charge >= 0.3 is 0 Å². The quantitative estimate of drug-likeness (QED) is 0.854. The summed E-state index contributed by atoms with van der Waals surface area (Å²) in [5, 5.41) is 3.45. The van der Waals surface area contributed by atoms with Crippen molar-refractivity contribution in [3.8, 4) is 5.88 Å². The van der Waals surface area contributed by atoms with E-state index in [4.69, 9.17) is 4.74 Å². The summed E-state index contributed by atoms with van der Waals surface area (Å²) in [6, 6.07) is 1.78. The standard InChI is InChI=1S/C13H22N4O/c1-3-17(10-11-5-4-7-14-9-11)13-15-8-6-12(16-13)18-2/h6,8,11,14H,3-5,7,9-10H2,1-2H3. The van der Waals surface area contributed by atoms with E-state index in [9.17, 15) is 0 Å². The van der Waals surface area contributed by atoms with Crippen molar-refractivity contribution in [3.05, 3.63) is 12.3 Å². The highest BCUT2D eigenvalue weighted by atomic mass is 16.5. The lowest BCUT2D eigenvalue weighted by Crippen LogP contribution is -2.39. The smallest absolute Gasteiger partial charge is 0.228 e. The summed E-state index contributed by atoms with van der Waals surface area (Å²) >= 11 is 0. The van der Waals surface area contributed by atoms with Crippen molar-refractivity contribution in [1.82, 2.24) is 15.3 Å². The van der Waals surface area contributed by atoms with Gasteiger partial charge < -0.3 is 15.0 Å². The zero-order chi connectivity index (χ0) is 12.8. The van der Waals surface area contributed by atoms with E-state index in [1.54, 1.807) is 19.4 Å². The summed E-state index contributed by atoms with van der Waals surface area (Å²) in [5.74, 6) is 2.08. The number of hydrogen-bond acceptors (Lipinski definition) is 5. The lowest BCUT2D eigenvalue weighted by atomic mass is 9.99. The van der Waals surface area contributed by atoms with E-state index in [1.165, 1.54) is 12.8 Å². The van der Waals surface area contributed by atoms with Crippen LogP contribution in [0, 0.1) is 5.92 Å². The zero-order valence-electron chi connectivity index (χ0n) is 11.2. The largest absolute Gasteiger partial charge is 0.481 e. The molecule has 100 valence electrons. The van der Waals surface area contributed by atoms with Crippen molar-refractivity contribution >= 4 is 5.95 Å². The van der Waals surface area contributed by atoms with Gasteiger partial charge in [-0.3, -0.25) is 0 Å². The average molecular weight is 250 g/mol. The molecule has 1 aromatic rings. The third-order valence-corrected chi connectivity index (χ3v) is 3.37. The Hall–Kier alpha value is -1.36. The van der Waals surface area contributed by atoms with E-state index in [-0.39, 0.29) is 0 Å². The first-order valence-electron chi connectivity index (χ1n) is 6.66. The van der Waals surface area contributed by atoms with E-state index in [2.05, 4.69) is 27.1 Å². The molecule has 0 saturated carbocycles. The molecule has 18 heavy (non-hydrogen) atoms. The van der Waals surface area contributed by atoms with E-state index in [0.29, 0.717) is 11.8 Å². The van der Waals surface area contributed by atoms with Crippen LogP contribution in [-0.2, 0) is 0 Å². The number of piperidine rings is 1. The van der Waals surface area contributed by atoms with Crippen LogP contribution in [-0.4, -0.2) is 43.3 Å². The summed E-state index contributed by atoms with van der Waals surface area (Å²) in [6.45, 7) is 6.32.